The summed E-state index contributed by atoms with van der Waals surface area (Å²) in [6.07, 6.45) is 11.4. The molecule has 0 aromatic carbocycles. The number of rotatable bonds is 6. The van der Waals surface area contributed by atoms with Gasteiger partial charge in [-0.05, 0) is 37.8 Å². The molecular weight excluding hydrogens is 212 g/mol. The van der Waals surface area contributed by atoms with Gasteiger partial charge in [0, 0.05) is 6.10 Å². The summed E-state index contributed by atoms with van der Waals surface area (Å²) in [6.45, 7) is 9.37. The quantitative estimate of drug-likeness (QED) is 0.599. The van der Waals surface area contributed by atoms with Crippen LogP contribution in [0, 0.1) is 0 Å². The third-order valence-electron chi connectivity index (χ3n) is 4.15. The smallest absolute Gasteiger partial charge is 0.214 e. The van der Waals surface area contributed by atoms with Gasteiger partial charge in [-0.2, -0.15) is 0 Å². The van der Waals surface area contributed by atoms with E-state index < -0.39 is 9.04 Å². The van der Waals surface area contributed by atoms with Crippen molar-refractivity contribution in [3.05, 3.63) is 0 Å². The summed E-state index contributed by atoms with van der Waals surface area (Å²) in [6, 6.07) is 0. The SMILES string of the molecule is CCCCC(C)O[Si](C)C1(C)CCCCC1. The Balaban J connectivity index is 2.34. The Hall–Kier alpha value is 0.177. The summed E-state index contributed by atoms with van der Waals surface area (Å²) >= 11 is 0. The van der Waals surface area contributed by atoms with Crippen LogP contribution in [0.2, 0.25) is 11.6 Å². The van der Waals surface area contributed by atoms with Crippen LogP contribution in [0.5, 0.6) is 0 Å². The minimum Gasteiger partial charge on any atom is -0.414 e. The fraction of sp³-hybridized carbons (Fsp3) is 1.00. The number of hydrogen-bond donors (Lipinski definition) is 0. The fourth-order valence-corrected chi connectivity index (χ4v) is 4.74. The van der Waals surface area contributed by atoms with E-state index in [1.165, 1.54) is 51.4 Å². The molecule has 1 radical (unpaired) electrons. The van der Waals surface area contributed by atoms with Gasteiger partial charge in [0.25, 0.3) is 0 Å². The molecule has 2 heteroatoms. The monoisotopic (exact) mass is 241 g/mol. The average molecular weight is 241 g/mol. The molecule has 0 bridgehead atoms. The lowest BCUT2D eigenvalue weighted by Gasteiger charge is -2.38. The van der Waals surface area contributed by atoms with E-state index in [-0.39, 0.29) is 0 Å². The zero-order valence-corrected chi connectivity index (χ0v) is 12.6. The summed E-state index contributed by atoms with van der Waals surface area (Å²) in [5, 5.41) is 0.545. The first-order valence-corrected chi connectivity index (χ1v) is 9.00. The van der Waals surface area contributed by atoms with E-state index >= 15 is 0 Å². The van der Waals surface area contributed by atoms with Crippen LogP contribution in [0.15, 0.2) is 0 Å². The molecule has 0 aromatic heterocycles. The van der Waals surface area contributed by atoms with Crippen LogP contribution in [-0.4, -0.2) is 15.1 Å². The van der Waals surface area contributed by atoms with Crippen molar-refractivity contribution in [1.29, 1.82) is 0 Å². The van der Waals surface area contributed by atoms with E-state index in [1.54, 1.807) is 0 Å². The molecule has 95 valence electrons. The molecule has 0 amide bonds. The minimum atomic E-state index is -0.618. The molecule has 1 saturated carbocycles. The Morgan fingerprint density at radius 2 is 1.88 bits per heavy atom. The summed E-state index contributed by atoms with van der Waals surface area (Å²) in [5.41, 5.74) is 0. The van der Waals surface area contributed by atoms with Crippen molar-refractivity contribution in [3.63, 3.8) is 0 Å². The van der Waals surface area contributed by atoms with Crippen molar-refractivity contribution >= 4 is 9.04 Å². The zero-order valence-electron chi connectivity index (χ0n) is 11.6. The Bertz CT molecular complexity index is 187. The lowest BCUT2D eigenvalue weighted by atomic mass is 9.90. The molecule has 1 aliphatic carbocycles. The first-order valence-electron chi connectivity index (χ1n) is 7.09. The summed E-state index contributed by atoms with van der Waals surface area (Å²) < 4.78 is 6.30. The normalized spacial score (nSPS) is 22.3. The molecule has 0 N–H and O–H groups in total. The predicted octanol–water partition coefficient (Wildman–Crippen LogP) is 4.93. The van der Waals surface area contributed by atoms with Crippen molar-refractivity contribution in [1.82, 2.24) is 0 Å². The summed E-state index contributed by atoms with van der Waals surface area (Å²) in [7, 11) is -0.618. The van der Waals surface area contributed by atoms with Crippen molar-refractivity contribution in [2.24, 2.45) is 0 Å². The van der Waals surface area contributed by atoms with Crippen LogP contribution in [0.4, 0.5) is 0 Å². The van der Waals surface area contributed by atoms with Gasteiger partial charge < -0.3 is 4.43 Å². The van der Waals surface area contributed by atoms with Gasteiger partial charge in [-0.15, -0.1) is 0 Å². The van der Waals surface area contributed by atoms with E-state index in [4.69, 9.17) is 4.43 Å². The largest absolute Gasteiger partial charge is 0.414 e. The van der Waals surface area contributed by atoms with Crippen LogP contribution >= 0.6 is 0 Å². The van der Waals surface area contributed by atoms with Gasteiger partial charge in [-0.1, -0.05) is 46.0 Å². The van der Waals surface area contributed by atoms with E-state index in [0.29, 0.717) is 11.1 Å². The zero-order chi connectivity index (χ0) is 12.0. The highest BCUT2D eigenvalue weighted by Crippen LogP contribution is 2.45. The van der Waals surface area contributed by atoms with Crippen LogP contribution in [0.1, 0.15) is 72.1 Å². The van der Waals surface area contributed by atoms with E-state index in [9.17, 15) is 0 Å². The molecule has 1 fully saturated rings. The highest BCUT2D eigenvalue weighted by Gasteiger charge is 2.36. The highest BCUT2D eigenvalue weighted by atomic mass is 28.3. The third-order valence-corrected chi connectivity index (χ3v) is 7.11. The first-order chi connectivity index (χ1) is 7.58. The lowest BCUT2D eigenvalue weighted by Crippen LogP contribution is -2.35. The second kappa shape index (κ2) is 6.80. The van der Waals surface area contributed by atoms with Gasteiger partial charge in [0.05, 0.1) is 0 Å². The van der Waals surface area contributed by atoms with Crippen LogP contribution in [-0.2, 0) is 4.43 Å². The molecule has 0 heterocycles. The number of hydrogen-bond acceptors (Lipinski definition) is 1. The Morgan fingerprint density at radius 1 is 1.25 bits per heavy atom. The van der Waals surface area contributed by atoms with Crippen molar-refractivity contribution in [2.75, 3.05) is 0 Å². The maximum Gasteiger partial charge on any atom is 0.214 e. The minimum absolute atomic E-state index is 0.484. The summed E-state index contributed by atoms with van der Waals surface area (Å²) in [4.78, 5) is 0. The van der Waals surface area contributed by atoms with Crippen LogP contribution in [0.3, 0.4) is 0 Å². The van der Waals surface area contributed by atoms with Gasteiger partial charge in [0.15, 0.2) is 0 Å². The average Bonchev–Trinajstić information content (AvgIpc) is 2.27. The lowest BCUT2D eigenvalue weighted by molar-refractivity contribution is 0.187. The molecule has 1 nitrogen and oxygen atoms in total. The van der Waals surface area contributed by atoms with Gasteiger partial charge in [0.2, 0.25) is 9.04 Å². The maximum absolute atomic E-state index is 6.30. The van der Waals surface area contributed by atoms with E-state index in [2.05, 4.69) is 27.3 Å². The Kier molecular flexibility index (Phi) is 6.05. The molecule has 1 unspecified atom stereocenters. The van der Waals surface area contributed by atoms with Gasteiger partial charge in [-0.3, -0.25) is 0 Å². The van der Waals surface area contributed by atoms with Crippen LogP contribution in [0.25, 0.3) is 0 Å². The molecule has 1 rings (SSSR count). The second-order valence-corrected chi connectivity index (χ2v) is 8.30. The van der Waals surface area contributed by atoms with Gasteiger partial charge in [0.1, 0.15) is 0 Å². The number of unbranched alkanes of at least 4 members (excludes halogenated alkanes) is 1. The molecule has 1 aliphatic rings. The molecular formula is C14H29OSi. The molecule has 1 atom stereocenters. The van der Waals surface area contributed by atoms with E-state index in [1.807, 2.05) is 0 Å². The predicted molar refractivity (Wildman–Crippen MR) is 73.1 cm³/mol. The van der Waals surface area contributed by atoms with Crippen molar-refractivity contribution < 1.29 is 4.43 Å². The summed E-state index contributed by atoms with van der Waals surface area (Å²) in [5.74, 6) is 0. The Morgan fingerprint density at radius 3 is 2.44 bits per heavy atom. The molecule has 0 aliphatic heterocycles. The Labute approximate surface area is 104 Å². The van der Waals surface area contributed by atoms with Crippen molar-refractivity contribution in [3.8, 4) is 0 Å². The van der Waals surface area contributed by atoms with Crippen molar-refractivity contribution in [2.45, 2.75) is 89.8 Å². The second-order valence-electron chi connectivity index (χ2n) is 5.75. The third kappa shape index (κ3) is 4.21. The fourth-order valence-electron chi connectivity index (χ4n) is 2.68. The molecule has 16 heavy (non-hydrogen) atoms. The van der Waals surface area contributed by atoms with E-state index in [0.717, 1.165) is 0 Å². The molecule has 0 aromatic rings. The molecule has 0 spiro atoms. The first kappa shape index (κ1) is 14.2. The standard InChI is InChI=1S/C14H29OSi/c1-5-6-10-13(2)15-16(4)14(3)11-8-7-9-12-14/h13H,5-12H2,1-4H3. The molecule has 0 saturated heterocycles. The highest BCUT2D eigenvalue weighted by molar-refractivity contribution is 6.54. The van der Waals surface area contributed by atoms with Gasteiger partial charge >= 0.3 is 0 Å². The maximum atomic E-state index is 6.30. The van der Waals surface area contributed by atoms with Gasteiger partial charge in [-0.25, -0.2) is 0 Å². The topological polar surface area (TPSA) is 9.23 Å². The van der Waals surface area contributed by atoms with Crippen LogP contribution < -0.4 is 0 Å².